The molecule has 1 saturated heterocycles. The van der Waals surface area contributed by atoms with E-state index in [1.807, 2.05) is 5.32 Å². The Balaban J connectivity index is 1.96. The molecule has 1 fully saturated rings. The zero-order valence-electron chi connectivity index (χ0n) is 12.0. The van der Waals surface area contributed by atoms with Crippen LogP contribution in [0, 0.1) is 5.92 Å². The maximum Gasteiger partial charge on any atom is 0.127 e. The second-order valence-electron chi connectivity index (χ2n) is 6.65. The molecule has 1 aliphatic heterocycles. The molecule has 1 heterocycles. The lowest BCUT2D eigenvalue weighted by Crippen LogP contribution is -2.90. The summed E-state index contributed by atoms with van der Waals surface area (Å²) in [4.78, 5) is 10.8. The van der Waals surface area contributed by atoms with E-state index in [-0.39, 0.29) is 11.5 Å². The molecular weight excluding hydrogens is 238 g/mol. The largest absolute Gasteiger partial charge is 0.544 e. The topological polar surface area (TPSA) is 56.7 Å². The van der Waals surface area contributed by atoms with Gasteiger partial charge < -0.3 is 15.2 Å². The van der Waals surface area contributed by atoms with Crippen LogP contribution in [0.5, 0.6) is 0 Å². The molecule has 0 bridgehead atoms. The fraction of sp³-hybridized carbons (Fsp3) is 0.562. The van der Waals surface area contributed by atoms with Crippen molar-refractivity contribution < 1.29 is 15.2 Å². The van der Waals surface area contributed by atoms with Gasteiger partial charge in [0.1, 0.15) is 6.04 Å². The molecule has 104 valence electrons. The number of carboxylic acids is 1. The molecule has 1 aliphatic rings. The molecule has 3 nitrogen and oxygen atoms in total. The van der Waals surface area contributed by atoms with Crippen molar-refractivity contribution in [2.75, 3.05) is 6.54 Å². The molecule has 1 aromatic rings. The SMILES string of the molecule is CC(C)(C)c1ccc(C[C@H]2C[NH2+][C@H](C(=O)[O-])C2)cc1. The van der Waals surface area contributed by atoms with Gasteiger partial charge in [-0.3, -0.25) is 0 Å². The van der Waals surface area contributed by atoms with Crippen molar-refractivity contribution >= 4 is 5.97 Å². The number of carbonyl (C=O) groups excluding carboxylic acids is 1. The minimum Gasteiger partial charge on any atom is -0.544 e. The average Bonchev–Trinajstić information content (AvgIpc) is 2.77. The van der Waals surface area contributed by atoms with Gasteiger partial charge in [-0.05, 0) is 23.0 Å². The molecule has 0 amide bonds. The third kappa shape index (κ3) is 3.57. The Morgan fingerprint density at radius 1 is 1.32 bits per heavy atom. The highest BCUT2D eigenvalue weighted by molar-refractivity contribution is 5.69. The molecule has 0 aromatic heterocycles. The number of benzene rings is 1. The highest BCUT2D eigenvalue weighted by atomic mass is 16.4. The van der Waals surface area contributed by atoms with E-state index in [9.17, 15) is 9.90 Å². The molecular formula is C16H23NO2. The first kappa shape index (κ1) is 14.1. The van der Waals surface area contributed by atoms with Gasteiger partial charge in [0.05, 0.1) is 12.5 Å². The molecule has 3 heteroatoms. The summed E-state index contributed by atoms with van der Waals surface area (Å²) in [6.45, 7) is 7.51. The predicted octanol–water partition coefficient (Wildman–Crippen LogP) is 0.228. The fourth-order valence-corrected chi connectivity index (χ4v) is 2.74. The van der Waals surface area contributed by atoms with E-state index in [1.54, 1.807) is 0 Å². The smallest absolute Gasteiger partial charge is 0.127 e. The van der Waals surface area contributed by atoms with Crippen molar-refractivity contribution in [1.82, 2.24) is 0 Å². The van der Waals surface area contributed by atoms with E-state index < -0.39 is 5.97 Å². The number of hydrogen-bond donors (Lipinski definition) is 1. The van der Waals surface area contributed by atoms with Crippen LogP contribution in [0.3, 0.4) is 0 Å². The number of aliphatic carboxylic acids is 1. The summed E-state index contributed by atoms with van der Waals surface area (Å²) in [6.07, 6.45) is 1.69. The van der Waals surface area contributed by atoms with Gasteiger partial charge in [0.25, 0.3) is 0 Å². The maximum atomic E-state index is 10.8. The average molecular weight is 261 g/mol. The van der Waals surface area contributed by atoms with Gasteiger partial charge in [-0.2, -0.15) is 0 Å². The Morgan fingerprint density at radius 2 is 1.95 bits per heavy atom. The zero-order chi connectivity index (χ0) is 14.0. The van der Waals surface area contributed by atoms with E-state index in [2.05, 4.69) is 45.0 Å². The molecule has 0 unspecified atom stereocenters. The second-order valence-corrected chi connectivity index (χ2v) is 6.65. The van der Waals surface area contributed by atoms with Crippen molar-refractivity contribution in [2.45, 2.75) is 45.1 Å². The summed E-state index contributed by atoms with van der Waals surface area (Å²) in [5.41, 5.74) is 2.81. The Kier molecular flexibility index (Phi) is 3.95. The summed E-state index contributed by atoms with van der Waals surface area (Å²) < 4.78 is 0. The molecule has 2 atom stereocenters. The van der Waals surface area contributed by atoms with Crippen LogP contribution < -0.4 is 10.4 Å². The van der Waals surface area contributed by atoms with E-state index in [0.717, 1.165) is 19.4 Å². The van der Waals surface area contributed by atoms with Crippen LogP contribution in [-0.2, 0) is 16.6 Å². The number of rotatable bonds is 3. The summed E-state index contributed by atoms with van der Waals surface area (Å²) >= 11 is 0. The number of carbonyl (C=O) groups is 1. The van der Waals surface area contributed by atoms with Gasteiger partial charge in [-0.1, -0.05) is 45.0 Å². The number of carboxylic acid groups (broad SMARTS) is 1. The van der Waals surface area contributed by atoms with Crippen LogP contribution in [0.25, 0.3) is 0 Å². The highest BCUT2D eigenvalue weighted by Crippen LogP contribution is 2.23. The molecule has 0 radical (unpaired) electrons. The lowest BCUT2D eigenvalue weighted by Gasteiger charge is -2.19. The van der Waals surface area contributed by atoms with E-state index in [0.29, 0.717) is 5.92 Å². The van der Waals surface area contributed by atoms with Crippen LogP contribution in [0.1, 0.15) is 38.3 Å². The first-order valence-corrected chi connectivity index (χ1v) is 7.00. The Hall–Kier alpha value is -1.35. The first-order chi connectivity index (χ1) is 8.86. The summed E-state index contributed by atoms with van der Waals surface area (Å²) in [5, 5.41) is 12.7. The number of quaternary nitrogens is 1. The van der Waals surface area contributed by atoms with Crippen LogP contribution in [-0.4, -0.2) is 18.6 Å². The Bertz CT molecular complexity index is 445. The molecule has 0 aliphatic carbocycles. The van der Waals surface area contributed by atoms with Crippen LogP contribution >= 0.6 is 0 Å². The highest BCUT2D eigenvalue weighted by Gasteiger charge is 2.28. The summed E-state index contributed by atoms with van der Waals surface area (Å²) in [6, 6.07) is 8.37. The van der Waals surface area contributed by atoms with Crippen molar-refractivity contribution in [1.29, 1.82) is 0 Å². The quantitative estimate of drug-likeness (QED) is 0.847. The van der Waals surface area contributed by atoms with Crippen molar-refractivity contribution in [3.63, 3.8) is 0 Å². The van der Waals surface area contributed by atoms with Crippen molar-refractivity contribution in [3.8, 4) is 0 Å². The first-order valence-electron chi connectivity index (χ1n) is 7.00. The van der Waals surface area contributed by atoms with Gasteiger partial charge in [0.2, 0.25) is 0 Å². The lowest BCUT2D eigenvalue weighted by atomic mass is 9.86. The molecule has 2 N–H and O–H groups in total. The van der Waals surface area contributed by atoms with Crippen LogP contribution in [0.2, 0.25) is 0 Å². The molecule has 0 saturated carbocycles. The van der Waals surface area contributed by atoms with Gasteiger partial charge in [-0.15, -0.1) is 0 Å². The van der Waals surface area contributed by atoms with E-state index in [1.165, 1.54) is 11.1 Å². The van der Waals surface area contributed by atoms with Crippen molar-refractivity contribution in [2.24, 2.45) is 5.92 Å². The minimum atomic E-state index is -0.925. The molecule has 0 spiro atoms. The normalized spacial score (nSPS) is 23.5. The zero-order valence-corrected chi connectivity index (χ0v) is 12.0. The van der Waals surface area contributed by atoms with Gasteiger partial charge in [0, 0.05) is 12.3 Å². The fourth-order valence-electron chi connectivity index (χ4n) is 2.74. The summed E-state index contributed by atoms with van der Waals surface area (Å²) in [7, 11) is 0. The second kappa shape index (κ2) is 5.33. The minimum absolute atomic E-state index is 0.180. The monoisotopic (exact) mass is 261 g/mol. The lowest BCUT2D eigenvalue weighted by molar-refractivity contribution is -0.666. The molecule has 2 rings (SSSR count). The number of nitrogens with two attached hydrogens (primary N) is 1. The van der Waals surface area contributed by atoms with Gasteiger partial charge >= 0.3 is 0 Å². The molecule has 1 aromatic carbocycles. The predicted molar refractivity (Wildman–Crippen MR) is 72.5 cm³/mol. The number of hydrogen-bond acceptors (Lipinski definition) is 2. The Labute approximate surface area is 115 Å². The van der Waals surface area contributed by atoms with E-state index in [4.69, 9.17) is 0 Å². The summed E-state index contributed by atoms with van der Waals surface area (Å²) in [5.74, 6) is -0.478. The molecule has 19 heavy (non-hydrogen) atoms. The third-order valence-corrected chi connectivity index (χ3v) is 3.99. The maximum absolute atomic E-state index is 10.8. The van der Waals surface area contributed by atoms with Gasteiger partial charge in [-0.25, -0.2) is 0 Å². The van der Waals surface area contributed by atoms with Gasteiger partial charge in [0.15, 0.2) is 0 Å². The van der Waals surface area contributed by atoms with Crippen molar-refractivity contribution in [3.05, 3.63) is 35.4 Å². The van der Waals surface area contributed by atoms with Crippen LogP contribution in [0.4, 0.5) is 0 Å². The standard InChI is InChI=1S/C16H23NO2/c1-16(2,3)13-6-4-11(5-7-13)8-12-9-14(15(18)19)17-10-12/h4-7,12,14,17H,8-10H2,1-3H3,(H,18,19)/t12-,14+/m1/s1. The third-order valence-electron chi connectivity index (χ3n) is 3.99. The Morgan fingerprint density at radius 3 is 2.42 bits per heavy atom. The van der Waals surface area contributed by atoms with Crippen LogP contribution in [0.15, 0.2) is 24.3 Å². The van der Waals surface area contributed by atoms with E-state index >= 15 is 0 Å².